The molecule has 0 bridgehead atoms. The smallest absolute Gasteiger partial charge is 0.389 e. The zero-order valence-corrected chi connectivity index (χ0v) is 9.04. The summed E-state index contributed by atoms with van der Waals surface area (Å²) in [5.74, 6) is -2.19. The van der Waals surface area contributed by atoms with Gasteiger partial charge < -0.3 is 15.4 Å². The Morgan fingerprint density at radius 3 is 2.67 bits per heavy atom. The van der Waals surface area contributed by atoms with E-state index in [2.05, 4.69) is 15.3 Å². The van der Waals surface area contributed by atoms with E-state index >= 15 is 0 Å². The summed E-state index contributed by atoms with van der Waals surface area (Å²) >= 11 is 0. The lowest BCUT2D eigenvalue weighted by molar-refractivity contribution is -0.135. The number of nitrogens with one attached hydrogen (secondary N) is 2. The molecule has 0 radical (unpaired) electrons. The Bertz CT molecular complexity index is 442. The summed E-state index contributed by atoms with van der Waals surface area (Å²) in [6.45, 7) is -0.204. The molecule has 100 valence electrons. The van der Waals surface area contributed by atoms with E-state index in [0.717, 1.165) is 6.33 Å². The maximum atomic E-state index is 11.8. The second-order valence-electron chi connectivity index (χ2n) is 3.41. The van der Waals surface area contributed by atoms with Crippen molar-refractivity contribution in [1.29, 1.82) is 0 Å². The van der Waals surface area contributed by atoms with Gasteiger partial charge in [-0.15, -0.1) is 0 Å². The molecule has 1 aromatic rings. The number of hydrogen-bond acceptors (Lipinski definition) is 3. The van der Waals surface area contributed by atoms with Crippen LogP contribution in [0.4, 0.5) is 13.2 Å². The predicted molar refractivity (Wildman–Crippen MR) is 53.2 cm³/mol. The molecule has 0 aliphatic heterocycles. The van der Waals surface area contributed by atoms with E-state index in [-0.39, 0.29) is 18.7 Å². The molecule has 9 heteroatoms. The zero-order chi connectivity index (χ0) is 13.8. The Kier molecular flexibility index (Phi) is 4.29. The van der Waals surface area contributed by atoms with Crippen molar-refractivity contribution in [2.75, 3.05) is 6.54 Å². The van der Waals surface area contributed by atoms with Crippen molar-refractivity contribution in [3.05, 3.63) is 17.7 Å². The van der Waals surface area contributed by atoms with Crippen LogP contribution in [0.2, 0.25) is 0 Å². The number of halogens is 3. The molecule has 1 rings (SSSR count). The van der Waals surface area contributed by atoms with Gasteiger partial charge in [0.25, 0.3) is 5.91 Å². The maximum absolute atomic E-state index is 11.8. The second-order valence-corrected chi connectivity index (χ2v) is 3.41. The molecule has 1 heterocycles. The summed E-state index contributed by atoms with van der Waals surface area (Å²) in [4.78, 5) is 27.8. The van der Waals surface area contributed by atoms with Crippen LogP contribution in [0, 0.1) is 0 Å². The summed E-state index contributed by atoms with van der Waals surface area (Å²) in [7, 11) is 0. The third-order valence-corrected chi connectivity index (χ3v) is 1.99. The number of aromatic amines is 1. The van der Waals surface area contributed by atoms with Gasteiger partial charge in [0.05, 0.1) is 6.33 Å². The first-order valence-corrected chi connectivity index (χ1v) is 4.93. The average Bonchev–Trinajstić information content (AvgIpc) is 2.71. The number of aromatic nitrogens is 2. The number of hydrogen-bond donors (Lipinski definition) is 3. The fourth-order valence-corrected chi connectivity index (χ4v) is 1.20. The minimum absolute atomic E-state index is 0.204. The van der Waals surface area contributed by atoms with E-state index in [1.54, 1.807) is 0 Å². The summed E-state index contributed by atoms with van der Waals surface area (Å²) < 4.78 is 35.4. The fraction of sp³-hybridized carbons (Fsp3) is 0.444. The molecule has 0 atom stereocenters. The van der Waals surface area contributed by atoms with Gasteiger partial charge in [0, 0.05) is 13.0 Å². The molecule has 0 aliphatic carbocycles. The molecule has 0 saturated heterocycles. The van der Waals surface area contributed by atoms with Crippen molar-refractivity contribution >= 4 is 11.9 Å². The molecule has 1 aromatic heterocycles. The summed E-state index contributed by atoms with van der Waals surface area (Å²) in [5.41, 5.74) is -0.752. The predicted octanol–water partition coefficient (Wildman–Crippen LogP) is 1.18. The lowest BCUT2D eigenvalue weighted by Gasteiger charge is -2.06. The van der Waals surface area contributed by atoms with Gasteiger partial charge in [-0.3, -0.25) is 4.79 Å². The minimum atomic E-state index is -4.27. The van der Waals surface area contributed by atoms with Gasteiger partial charge in [0.15, 0.2) is 11.4 Å². The third kappa shape index (κ3) is 4.07. The highest BCUT2D eigenvalue weighted by molar-refractivity contribution is 6.02. The number of alkyl halides is 3. The summed E-state index contributed by atoms with van der Waals surface area (Å²) in [5, 5.41) is 10.8. The topological polar surface area (TPSA) is 95.1 Å². The molecule has 18 heavy (non-hydrogen) atoms. The quantitative estimate of drug-likeness (QED) is 0.696. The molecule has 6 nitrogen and oxygen atoms in total. The highest BCUT2D eigenvalue weighted by Gasteiger charge is 2.26. The molecule has 0 unspecified atom stereocenters. The lowest BCUT2D eigenvalue weighted by Crippen LogP contribution is -2.27. The first kappa shape index (κ1) is 14.0. The van der Waals surface area contributed by atoms with Crippen LogP contribution in [0.25, 0.3) is 0 Å². The number of carbonyl (C=O) groups excluding carboxylic acids is 1. The van der Waals surface area contributed by atoms with E-state index in [1.165, 1.54) is 0 Å². The summed E-state index contributed by atoms with van der Waals surface area (Å²) in [6, 6.07) is 0. The number of imidazole rings is 1. The van der Waals surface area contributed by atoms with E-state index in [1.807, 2.05) is 0 Å². The Morgan fingerprint density at radius 1 is 1.44 bits per heavy atom. The molecule has 0 saturated carbocycles. The van der Waals surface area contributed by atoms with E-state index in [9.17, 15) is 22.8 Å². The van der Waals surface area contributed by atoms with Gasteiger partial charge in [-0.05, 0) is 6.42 Å². The Hall–Kier alpha value is -2.06. The zero-order valence-electron chi connectivity index (χ0n) is 9.04. The second kappa shape index (κ2) is 5.52. The number of carboxylic acid groups (broad SMARTS) is 1. The van der Waals surface area contributed by atoms with Gasteiger partial charge in [0.2, 0.25) is 0 Å². The largest absolute Gasteiger partial charge is 0.477 e. The molecule has 0 spiro atoms. The van der Waals surface area contributed by atoms with Gasteiger partial charge >= 0.3 is 12.1 Å². The number of H-pyrrole nitrogens is 1. The first-order valence-electron chi connectivity index (χ1n) is 4.93. The van der Waals surface area contributed by atoms with Crippen molar-refractivity contribution in [2.45, 2.75) is 19.0 Å². The van der Waals surface area contributed by atoms with Crippen LogP contribution in [-0.4, -0.2) is 39.7 Å². The maximum Gasteiger partial charge on any atom is 0.389 e. The number of rotatable bonds is 5. The van der Waals surface area contributed by atoms with Crippen molar-refractivity contribution in [3.63, 3.8) is 0 Å². The Morgan fingerprint density at radius 2 is 2.11 bits per heavy atom. The first-order chi connectivity index (χ1) is 8.31. The Balaban J connectivity index is 2.46. The standard InChI is InChI=1S/C9H10F3N3O3/c10-9(11,12)2-1-3-13-7(16)5-6(8(17)18)15-4-14-5/h4H,1-3H2,(H,13,16)(H,14,15)(H,17,18). The normalized spacial score (nSPS) is 11.3. The Labute approximate surface area is 99.2 Å². The molecular weight excluding hydrogens is 255 g/mol. The number of amides is 1. The van der Waals surface area contributed by atoms with Crippen LogP contribution in [0.15, 0.2) is 6.33 Å². The van der Waals surface area contributed by atoms with Gasteiger partial charge in [-0.1, -0.05) is 0 Å². The highest BCUT2D eigenvalue weighted by Crippen LogP contribution is 2.20. The van der Waals surface area contributed by atoms with Crippen LogP contribution in [0.5, 0.6) is 0 Å². The van der Waals surface area contributed by atoms with Gasteiger partial charge in [0.1, 0.15) is 0 Å². The van der Waals surface area contributed by atoms with Crippen LogP contribution in [0.3, 0.4) is 0 Å². The van der Waals surface area contributed by atoms with Crippen molar-refractivity contribution < 1.29 is 27.9 Å². The van der Waals surface area contributed by atoms with Crippen LogP contribution >= 0.6 is 0 Å². The van der Waals surface area contributed by atoms with Crippen molar-refractivity contribution in [1.82, 2.24) is 15.3 Å². The van der Waals surface area contributed by atoms with Crippen LogP contribution in [0.1, 0.15) is 33.8 Å². The minimum Gasteiger partial charge on any atom is -0.477 e. The van der Waals surface area contributed by atoms with E-state index in [4.69, 9.17) is 5.11 Å². The summed E-state index contributed by atoms with van der Waals surface area (Å²) in [6.07, 6.45) is -4.54. The lowest BCUT2D eigenvalue weighted by atomic mass is 10.2. The molecule has 3 N–H and O–H groups in total. The fourth-order valence-electron chi connectivity index (χ4n) is 1.20. The molecule has 0 fully saturated rings. The van der Waals surface area contributed by atoms with Crippen LogP contribution in [-0.2, 0) is 0 Å². The molecule has 1 amide bonds. The molecule has 0 aromatic carbocycles. The monoisotopic (exact) mass is 265 g/mol. The highest BCUT2D eigenvalue weighted by atomic mass is 19.4. The molecular formula is C9H10F3N3O3. The van der Waals surface area contributed by atoms with E-state index in [0.29, 0.717) is 0 Å². The number of carbonyl (C=O) groups is 2. The van der Waals surface area contributed by atoms with Gasteiger partial charge in [-0.25, -0.2) is 9.78 Å². The van der Waals surface area contributed by atoms with E-state index < -0.39 is 30.2 Å². The third-order valence-electron chi connectivity index (χ3n) is 1.99. The average molecular weight is 265 g/mol. The SMILES string of the molecule is O=C(NCCCC(F)(F)F)c1nc[nH]c1C(=O)O. The van der Waals surface area contributed by atoms with Crippen molar-refractivity contribution in [3.8, 4) is 0 Å². The van der Waals surface area contributed by atoms with Crippen LogP contribution < -0.4 is 5.32 Å². The number of carboxylic acids is 1. The molecule has 0 aliphatic rings. The number of aromatic carboxylic acids is 1. The van der Waals surface area contributed by atoms with Crippen molar-refractivity contribution in [2.24, 2.45) is 0 Å². The number of nitrogens with zero attached hydrogens (tertiary/aromatic N) is 1. The van der Waals surface area contributed by atoms with Gasteiger partial charge in [-0.2, -0.15) is 13.2 Å².